The molecule has 1 aliphatic heterocycles. The lowest BCUT2D eigenvalue weighted by atomic mass is 10.1. The third kappa shape index (κ3) is 4.12. The number of ether oxygens (including phenoxy) is 2. The van der Waals surface area contributed by atoms with Gasteiger partial charge in [-0.25, -0.2) is 4.98 Å². The lowest BCUT2D eigenvalue weighted by molar-refractivity contribution is -0.180. The maximum atomic E-state index is 12.2. The van der Waals surface area contributed by atoms with E-state index in [0.29, 0.717) is 24.6 Å². The Morgan fingerprint density at radius 2 is 2.03 bits per heavy atom. The standard InChI is InChI=1S/C21H23N3O3.C2H6/c1-13-5-6-17-14(9-13)7-8-24(17)11-15-10-23-18(20(25)22-4)19-16(15)12-26-21(2,3)27-19;1-2/h5-10H,11-12H2,1-4H3,(H,22,25);1-2H3. The van der Waals surface area contributed by atoms with Gasteiger partial charge < -0.3 is 19.4 Å². The molecular formula is C23H29N3O3. The maximum absolute atomic E-state index is 12.2. The Morgan fingerprint density at radius 3 is 2.76 bits per heavy atom. The van der Waals surface area contributed by atoms with Crippen molar-refractivity contribution in [3.05, 3.63) is 59.0 Å². The number of pyridine rings is 1. The first kappa shape index (κ1) is 20.9. The Hall–Kier alpha value is -2.86. The van der Waals surface area contributed by atoms with E-state index in [4.69, 9.17) is 9.47 Å². The molecule has 0 radical (unpaired) electrons. The maximum Gasteiger partial charge on any atom is 0.273 e. The van der Waals surface area contributed by atoms with Gasteiger partial charge >= 0.3 is 0 Å². The third-order valence-corrected chi connectivity index (χ3v) is 4.85. The normalized spacial score (nSPS) is 14.4. The molecule has 2 aromatic heterocycles. The highest BCUT2D eigenvalue weighted by Gasteiger charge is 2.33. The van der Waals surface area contributed by atoms with E-state index >= 15 is 0 Å². The molecule has 1 N–H and O–H groups in total. The van der Waals surface area contributed by atoms with Crippen LogP contribution in [0.25, 0.3) is 10.9 Å². The van der Waals surface area contributed by atoms with Crippen molar-refractivity contribution in [2.45, 2.75) is 53.6 Å². The number of hydrogen-bond acceptors (Lipinski definition) is 4. The first-order valence-corrected chi connectivity index (χ1v) is 9.99. The highest BCUT2D eigenvalue weighted by atomic mass is 16.7. The van der Waals surface area contributed by atoms with E-state index in [1.165, 1.54) is 10.9 Å². The molecule has 0 saturated heterocycles. The first-order chi connectivity index (χ1) is 13.9. The van der Waals surface area contributed by atoms with Crippen molar-refractivity contribution >= 4 is 16.8 Å². The summed E-state index contributed by atoms with van der Waals surface area (Å²) in [6.45, 7) is 10.8. The summed E-state index contributed by atoms with van der Waals surface area (Å²) >= 11 is 0. The van der Waals surface area contributed by atoms with E-state index < -0.39 is 5.79 Å². The Morgan fingerprint density at radius 1 is 1.28 bits per heavy atom. The van der Waals surface area contributed by atoms with Crippen molar-refractivity contribution < 1.29 is 14.3 Å². The molecule has 3 aromatic rings. The van der Waals surface area contributed by atoms with E-state index in [1.807, 2.05) is 27.7 Å². The number of benzene rings is 1. The van der Waals surface area contributed by atoms with E-state index in [0.717, 1.165) is 16.6 Å². The molecule has 3 heterocycles. The fraction of sp³-hybridized carbons (Fsp3) is 0.391. The second kappa shape index (κ2) is 8.25. The van der Waals surface area contributed by atoms with Crippen molar-refractivity contribution in [3.8, 4) is 5.75 Å². The van der Waals surface area contributed by atoms with Crippen LogP contribution < -0.4 is 10.1 Å². The molecule has 1 aliphatic rings. The van der Waals surface area contributed by atoms with Gasteiger partial charge in [0.25, 0.3) is 5.91 Å². The van der Waals surface area contributed by atoms with Crippen molar-refractivity contribution in [2.24, 2.45) is 0 Å². The zero-order chi connectivity index (χ0) is 21.2. The van der Waals surface area contributed by atoms with E-state index in [9.17, 15) is 4.79 Å². The van der Waals surface area contributed by atoms with Gasteiger partial charge in [0.15, 0.2) is 11.4 Å². The molecular weight excluding hydrogens is 366 g/mol. The van der Waals surface area contributed by atoms with Crippen molar-refractivity contribution in [1.29, 1.82) is 0 Å². The van der Waals surface area contributed by atoms with Crippen LogP contribution in [0, 0.1) is 6.92 Å². The fourth-order valence-corrected chi connectivity index (χ4v) is 3.41. The average molecular weight is 396 g/mol. The van der Waals surface area contributed by atoms with Crippen molar-refractivity contribution in [1.82, 2.24) is 14.9 Å². The van der Waals surface area contributed by atoms with E-state index in [1.54, 1.807) is 13.2 Å². The van der Waals surface area contributed by atoms with Gasteiger partial charge in [-0.3, -0.25) is 4.79 Å². The number of nitrogens with one attached hydrogen (secondary N) is 1. The molecule has 1 amide bonds. The molecule has 1 aromatic carbocycles. The molecule has 6 heteroatoms. The number of hydrogen-bond donors (Lipinski definition) is 1. The van der Waals surface area contributed by atoms with Crippen LogP contribution in [0.4, 0.5) is 0 Å². The number of carbonyl (C=O) groups is 1. The van der Waals surface area contributed by atoms with Gasteiger partial charge in [-0.1, -0.05) is 25.5 Å². The number of fused-ring (bicyclic) bond motifs is 2. The predicted molar refractivity (Wildman–Crippen MR) is 114 cm³/mol. The quantitative estimate of drug-likeness (QED) is 0.713. The molecule has 0 aliphatic carbocycles. The largest absolute Gasteiger partial charge is 0.460 e. The SMILES string of the molecule is CC.CNC(=O)c1ncc(Cn2ccc3cc(C)ccc32)c2c1OC(C)(C)OC2. The van der Waals surface area contributed by atoms with Gasteiger partial charge in [0.05, 0.1) is 6.61 Å². The molecule has 29 heavy (non-hydrogen) atoms. The third-order valence-electron chi connectivity index (χ3n) is 4.85. The minimum Gasteiger partial charge on any atom is -0.460 e. The summed E-state index contributed by atoms with van der Waals surface area (Å²) in [6.07, 6.45) is 3.81. The van der Waals surface area contributed by atoms with E-state index in [2.05, 4.69) is 52.3 Å². The summed E-state index contributed by atoms with van der Waals surface area (Å²) in [5.41, 5.74) is 4.53. The lowest BCUT2D eigenvalue weighted by Gasteiger charge is -2.34. The van der Waals surface area contributed by atoms with Crippen LogP contribution in [-0.4, -0.2) is 28.3 Å². The zero-order valence-electron chi connectivity index (χ0n) is 18.0. The Balaban J connectivity index is 0.00000117. The number of amides is 1. The number of nitrogens with zero attached hydrogens (tertiary/aromatic N) is 2. The lowest BCUT2D eigenvalue weighted by Crippen LogP contribution is -2.37. The molecule has 4 rings (SSSR count). The summed E-state index contributed by atoms with van der Waals surface area (Å²) in [5.74, 6) is -0.555. The highest BCUT2D eigenvalue weighted by molar-refractivity contribution is 5.95. The monoisotopic (exact) mass is 395 g/mol. The van der Waals surface area contributed by atoms with Crippen LogP contribution in [0.2, 0.25) is 0 Å². The zero-order valence-corrected chi connectivity index (χ0v) is 18.0. The van der Waals surface area contributed by atoms with Crippen molar-refractivity contribution in [3.63, 3.8) is 0 Å². The number of aromatic nitrogens is 2. The first-order valence-electron chi connectivity index (χ1n) is 9.99. The van der Waals surface area contributed by atoms with E-state index in [-0.39, 0.29) is 5.91 Å². The van der Waals surface area contributed by atoms with Gasteiger partial charge in [-0.15, -0.1) is 0 Å². The summed E-state index contributed by atoms with van der Waals surface area (Å²) in [4.78, 5) is 16.6. The van der Waals surface area contributed by atoms with Gasteiger partial charge in [0, 0.05) is 50.9 Å². The summed E-state index contributed by atoms with van der Waals surface area (Å²) in [6, 6.07) is 8.51. The van der Waals surface area contributed by atoms with Gasteiger partial charge in [-0.05, 0) is 36.1 Å². The number of aryl methyl sites for hydroxylation is 1. The minimum atomic E-state index is -0.798. The molecule has 0 bridgehead atoms. The molecule has 0 atom stereocenters. The summed E-state index contributed by atoms with van der Waals surface area (Å²) in [5, 5.41) is 3.83. The highest BCUT2D eigenvalue weighted by Crippen LogP contribution is 2.36. The van der Waals surface area contributed by atoms with Crippen LogP contribution in [0.5, 0.6) is 5.75 Å². The molecule has 0 fully saturated rings. The second-order valence-electron chi connectivity index (χ2n) is 7.32. The number of rotatable bonds is 3. The van der Waals surface area contributed by atoms with Crippen LogP contribution in [0.3, 0.4) is 0 Å². The van der Waals surface area contributed by atoms with Crippen LogP contribution in [0.1, 0.15) is 54.9 Å². The Kier molecular flexibility index (Phi) is 5.94. The Bertz CT molecular complexity index is 1040. The topological polar surface area (TPSA) is 65.4 Å². The summed E-state index contributed by atoms with van der Waals surface area (Å²) < 4.78 is 14.0. The van der Waals surface area contributed by atoms with Crippen LogP contribution in [-0.2, 0) is 17.9 Å². The summed E-state index contributed by atoms with van der Waals surface area (Å²) in [7, 11) is 1.59. The van der Waals surface area contributed by atoms with Crippen molar-refractivity contribution in [2.75, 3.05) is 7.05 Å². The Labute approximate surface area is 171 Å². The molecule has 0 saturated carbocycles. The smallest absolute Gasteiger partial charge is 0.273 e. The second-order valence-corrected chi connectivity index (χ2v) is 7.32. The van der Waals surface area contributed by atoms with Crippen LogP contribution in [0.15, 0.2) is 36.7 Å². The van der Waals surface area contributed by atoms with Gasteiger partial charge in [0.1, 0.15) is 0 Å². The van der Waals surface area contributed by atoms with Crippen LogP contribution >= 0.6 is 0 Å². The van der Waals surface area contributed by atoms with Gasteiger partial charge in [-0.2, -0.15) is 0 Å². The molecule has 6 nitrogen and oxygen atoms in total. The fourth-order valence-electron chi connectivity index (χ4n) is 3.41. The molecule has 0 spiro atoms. The molecule has 0 unspecified atom stereocenters. The molecule has 154 valence electrons. The predicted octanol–water partition coefficient (Wildman–Crippen LogP) is 4.42. The minimum absolute atomic E-state index is 0.266. The van der Waals surface area contributed by atoms with Gasteiger partial charge in [0.2, 0.25) is 5.79 Å². The average Bonchev–Trinajstić information content (AvgIpc) is 3.10. The number of carbonyl (C=O) groups excluding carboxylic acids is 1.